The van der Waals surface area contributed by atoms with Crippen molar-refractivity contribution in [3.8, 4) is 5.88 Å². The second-order valence-corrected chi connectivity index (χ2v) is 5.39. The van der Waals surface area contributed by atoms with Crippen LogP contribution in [0, 0.1) is 5.82 Å². The molecule has 0 bridgehead atoms. The molecule has 0 saturated heterocycles. The number of benzene rings is 1. The molecular weight excluding hydrogens is 291 g/mol. The van der Waals surface area contributed by atoms with E-state index in [1.54, 1.807) is 18.3 Å². The average Bonchev–Trinajstić information content (AvgIpc) is 2.44. The molecule has 0 amide bonds. The Morgan fingerprint density at radius 1 is 1.29 bits per heavy atom. The summed E-state index contributed by atoms with van der Waals surface area (Å²) in [6.45, 7) is 5.06. The minimum absolute atomic E-state index is 0.0732. The van der Waals surface area contributed by atoms with Gasteiger partial charge in [-0.05, 0) is 37.6 Å². The molecule has 0 aliphatic rings. The molecule has 0 fully saturated rings. The molecule has 1 N–H and O–H groups in total. The Morgan fingerprint density at radius 2 is 2.10 bits per heavy atom. The van der Waals surface area contributed by atoms with Gasteiger partial charge < -0.3 is 10.1 Å². The molecule has 0 aliphatic heterocycles. The van der Waals surface area contributed by atoms with Crippen LogP contribution >= 0.6 is 11.6 Å². The van der Waals surface area contributed by atoms with Crippen LogP contribution < -0.4 is 10.1 Å². The van der Waals surface area contributed by atoms with Crippen LogP contribution in [-0.4, -0.2) is 11.1 Å². The second-order valence-electron chi connectivity index (χ2n) is 4.99. The predicted molar refractivity (Wildman–Crippen MR) is 82.0 cm³/mol. The maximum atomic E-state index is 13.3. The molecule has 0 atom stereocenters. The first-order valence-corrected chi connectivity index (χ1v) is 7.19. The van der Waals surface area contributed by atoms with E-state index in [0.717, 1.165) is 11.1 Å². The average molecular weight is 309 g/mol. The molecule has 1 aromatic heterocycles. The maximum absolute atomic E-state index is 13.3. The molecule has 1 aromatic carbocycles. The molecular formula is C16H18ClFN2O. The third-order valence-corrected chi connectivity index (χ3v) is 3.13. The lowest BCUT2D eigenvalue weighted by Gasteiger charge is -2.13. The Hall–Kier alpha value is -1.65. The lowest BCUT2D eigenvalue weighted by atomic mass is 10.2. The van der Waals surface area contributed by atoms with Gasteiger partial charge in [-0.1, -0.05) is 23.7 Å². The van der Waals surface area contributed by atoms with E-state index in [1.165, 1.54) is 6.07 Å². The van der Waals surface area contributed by atoms with Crippen LogP contribution in [0.4, 0.5) is 4.39 Å². The summed E-state index contributed by atoms with van der Waals surface area (Å²) in [6.07, 6.45) is 1.78. The van der Waals surface area contributed by atoms with Gasteiger partial charge in [0.1, 0.15) is 5.82 Å². The van der Waals surface area contributed by atoms with Gasteiger partial charge in [-0.25, -0.2) is 9.37 Å². The number of rotatable bonds is 6. The standard InChI is InChI=1S/C16H18ClFN2O/c1-11(2)21-16-13(4-3-7-20-16)10-19-9-12-5-6-14(17)15(18)8-12/h3-8,11,19H,9-10H2,1-2H3. The van der Waals surface area contributed by atoms with Crippen LogP contribution in [-0.2, 0) is 13.1 Å². The quantitative estimate of drug-likeness (QED) is 0.877. The monoisotopic (exact) mass is 308 g/mol. The van der Waals surface area contributed by atoms with Crippen molar-refractivity contribution in [1.29, 1.82) is 0 Å². The van der Waals surface area contributed by atoms with Crippen molar-refractivity contribution < 1.29 is 9.13 Å². The third kappa shape index (κ3) is 4.69. The van der Waals surface area contributed by atoms with Gasteiger partial charge in [-0.2, -0.15) is 0 Å². The largest absolute Gasteiger partial charge is 0.475 e. The van der Waals surface area contributed by atoms with Gasteiger partial charge in [-0.15, -0.1) is 0 Å². The Kier molecular flexibility index (Phi) is 5.53. The lowest BCUT2D eigenvalue weighted by molar-refractivity contribution is 0.229. The Balaban J connectivity index is 1.95. The number of pyridine rings is 1. The highest BCUT2D eigenvalue weighted by atomic mass is 35.5. The highest BCUT2D eigenvalue weighted by molar-refractivity contribution is 6.30. The number of aromatic nitrogens is 1. The van der Waals surface area contributed by atoms with Gasteiger partial charge in [0.15, 0.2) is 0 Å². The minimum Gasteiger partial charge on any atom is -0.475 e. The van der Waals surface area contributed by atoms with Crippen LogP contribution in [0.3, 0.4) is 0 Å². The van der Waals surface area contributed by atoms with Crippen molar-refractivity contribution in [3.63, 3.8) is 0 Å². The van der Waals surface area contributed by atoms with Crippen molar-refractivity contribution >= 4 is 11.6 Å². The molecule has 5 heteroatoms. The molecule has 0 saturated carbocycles. The molecule has 0 radical (unpaired) electrons. The SMILES string of the molecule is CC(C)Oc1ncccc1CNCc1ccc(Cl)c(F)c1. The molecule has 0 aliphatic carbocycles. The van der Waals surface area contributed by atoms with Crippen LogP contribution in [0.15, 0.2) is 36.5 Å². The van der Waals surface area contributed by atoms with E-state index < -0.39 is 5.82 Å². The number of nitrogens with one attached hydrogen (secondary N) is 1. The van der Waals surface area contributed by atoms with E-state index in [-0.39, 0.29) is 11.1 Å². The Bertz CT molecular complexity index is 605. The first kappa shape index (κ1) is 15.7. The molecule has 0 unspecified atom stereocenters. The van der Waals surface area contributed by atoms with Gasteiger partial charge in [0.25, 0.3) is 0 Å². The number of hydrogen-bond acceptors (Lipinski definition) is 3. The summed E-state index contributed by atoms with van der Waals surface area (Å²) in [6, 6.07) is 8.62. The number of nitrogens with zero attached hydrogens (tertiary/aromatic N) is 1. The third-order valence-electron chi connectivity index (χ3n) is 2.83. The number of halogens is 2. The van der Waals surface area contributed by atoms with E-state index in [1.807, 2.05) is 26.0 Å². The highest BCUT2D eigenvalue weighted by Gasteiger charge is 2.07. The van der Waals surface area contributed by atoms with Crippen LogP contribution in [0.1, 0.15) is 25.0 Å². The summed E-state index contributed by atoms with van der Waals surface area (Å²) < 4.78 is 19.0. The molecule has 2 aromatic rings. The van der Waals surface area contributed by atoms with Crippen LogP contribution in [0.2, 0.25) is 5.02 Å². The molecule has 2 rings (SSSR count). The van der Waals surface area contributed by atoms with Crippen molar-refractivity contribution in [3.05, 3.63) is 58.5 Å². The number of hydrogen-bond donors (Lipinski definition) is 1. The molecule has 112 valence electrons. The smallest absolute Gasteiger partial charge is 0.218 e. The van der Waals surface area contributed by atoms with Gasteiger partial charge in [0.2, 0.25) is 5.88 Å². The van der Waals surface area contributed by atoms with Crippen LogP contribution in [0.25, 0.3) is 0 Å². The second kappa shape index (κ2) is 7.38. The van der Waals surface area contributed by atoms with E-state index in [2.05, 4.69) is 10.3 Å². The fraction of sp³-hybridized carbons (Fsp3) is 0.312. The van der Waals surface area contributed by atoms with Crippen LogP contribution in [0.5, 0.6) is 5.88 Å². The van der Waals surface area contributed by atoms with E-state index in [4.69, 9.17) is 16.3 Å². The summed E-state index contributed by atoms with van der Waals surface area (Å²) in [5, 5.41) is 3.39. The van der Waals surface area contributed by atoms with Gasteiger partial charge >= 0.3 is 0 Å². The zero-order chi connectivity index (χ0) is 15.2. The molecule has 21 heavy (non-hydrogen) atoms. The van der Waals surface area contributed by atoms with Crippen molar-refractivity contribution in [2.75, 3.05) is 0 Å². The van der Waals surface area contributed by atoms with E-state index in [0.29, 0.717) is 19.0 Å². The normalized spacial score (nSPS) is 10.9. The van der Waals surface area contributed by atoms with Crippen molar-refractivity contribution in [2.24, 2.45) is 0 Å². The van der Waals surface area contributed by atoms with Gasteiger partial charge in [-0.3, -0.25) is 0 Å². The zero-order valence-electron chi connectivity index (χ0n) is 12.1. The first-order chi connectivity index (χ1) is 10.1. The van der Waals surface area contributed by atoms with Gasteiger partial charge in [0, 0.05) is 24.8 Å². The lowest BCUT2D eigenvalue weighted by Crippen LogP contribution is -2.15. The van der Waals surface area contributed by atoms with Gasteiger partial charge in [0.05, 0.1) is 11.1 Å². The van der Waals surface area contributed by atoms with Crippen molar-refractivity contribution in [2.45, 2.75) is 33.0 Å². The predicted octanol–water partition coefficient (Wildman–Crippen LogP) is 3.95. The molecule has 0 spiro atoms. The first-order valence-electron chi connectivity index (χ1n) is 6.81. The summed E-state index contributed by atoms with van der Waals surface area (Å²) in [5.74, 6) is 0.225. The van der Waals surface area contributed by atoms with E-state index in [9.17, 15) is 4.39 Å². The maximum Gasteiger partial charge on any atom is 0.218 e. The summed E-state index contributed by atoms with van der Waals surface area (Å²) in [5.41, 5.74) is 1.81. The fourth-order valence-electron chi connectivity index (χ4n) is 1.88. The summed E-state index contributed by atoms with van der Waals surface area (Å²) in [4.78, 5) is 4.23. The van der Waals surface area contributed by atoms with E-state index >= 15 is 0 Å². The zero-order valence-corrected chi connectivity index (χ0v) is 12.8. The Labute approximate surface area is 129 Å². The molecule has 3 nitrogen and oxygen atoms in total. The Morgan fingerprint density at radius 3 is 2.81 bits per heavy atom. The summed E-state index contributed by atoms with van der Waals surface area (Å²) in [7, 11) is 0. The minimum atomic E-state index is -0.402. The van der Waals surface area contributed by atoms with Crippen molar-refractivity contribution in [1.82, 2.24) is 10.3 Å². The topological polar surface area (TPSA) is 34.1 Å². The summed E-state index contributed by atoms with van der Waals surface area (Å²) >= 11 is 5.66. The number of ether oxygens (including phenoxy) is 1. The molecule has 1 heterocycles. The highest BCUT2D eigenvalue weighted by Crippen LogP contribution is 2.17. The fourth-order valence-corrected chi connectivity index (χ4v) is 2.00.